The van der Waals surface area contributed by atoms with Crippen molar-refractivity contribution in [3.63, 3.8) is 0 Å². The summed E-state index contributed by atoms with van der Waals surface area (Å²) in [5.74, 6) is -0.105. The molecule has 5 heteroatoms. The molecule has 0 aliphatic carbocycles. The Labute approximate surface area is 147 Å². The van der Waals surface area contributed by atoms with Gasteiger partial charge in [0.05, 0.1) is 23.1 Å². The van der Waals surface area contributed by atoms with Crippen molar-refractivity contribution in [2.24, 2.45) is 0 Å². The van der Waals surface area contributed by atoms with E-state index in [0.29, 0.717) is 12.1 Å². The van der Waals surface area contributed by atoms with Crippen LogP contribution in [0.1, 0.15) is 40.5 Å². The number of benzene rings is 1. The Bertz CT molecular complexity index is 855. The molecule has 0 radical (unpaired) electrons. The van der Waals surface area contributed by atoms with Gasteiger partial charge >= 0.3 is 0 Å². The summed E-state index contributed by atoms with van der Waals surface area (Å²) in [7, 11) is 0. The zero-order valence-electron chi connectivity index (χ0n) is 14.6. The van der Waals surface area contributed by atoms with E-state index in [1.165, 1.54) is 0 Å². The Morgan fingerprint density at radius 2 is 2.00 bits per heavy atom. The fraction of sp³-hybridized carbons (Fsp3) is 0.250. The molecule has 1 aromatic carbocycles. The number of aromatic nitrogens is 3. The highest BCUT2D eigenvalue weighted by Crippen LogP contribution is 2.19. The lowest BCUT2D eigenvalue weighted by Crippen LogP contribution is -2.24. The Kier molecular flexibility index (Phi) is 5.23. The van der Waals surface area contributed by atoms with E-state index in [9.17, 15) is 4.79 Å². The van der Waals surface area contributed by atoms with Gasteiger partial charge in [0.1, 0.15) is 0 Å². The lowest BCUT2D eigenvalue weighted by molar-refractivity contribution is 0.0950. The molecule has 3 aromatic rings. The predicted molar refractivity (Wildman–Crippen MR) is 97.7 cm³/mol. The van der Waals surface area contributed by atoms with Crippen molar-refractivity contribution in [3.05, 3.63) is 77.4 Å². The molecule has 0 bridgehead atoms. The zero-order valence-corrected chi connectivity index (χ0v) is 14.6. The molecule has 0 atom stereocenters. The number of hydrogen-bond donors (Lipinski definition) is 1. The third-order valence-electron chi connectivity index (χ3n) is 4.12. The maximum Gasteiger partial charge on any atom is 0.255 e. The maximum absolute atomic E-state index is 12.7. The molecule has 0 fully saturated rings. The molecule has 2 aromatic heterocycles. The van der Waals surface area contributed by atoms with Gasteiger partial charge in [0.25, 0.3) is 5.91 Å². The van der Waals surface area contributed by atoms with Gasteiger partial charge in [-0.15, -0.1) is 0 Å². The third-order valence-corrected chi connectivity index (χ3v) is 4.12. The van der Waals surface area contributed by atoms with Crippen molar-refractivity contribution in [1.29, 1.82) is 0 Å². The third kappa shape index (κ3) is 3.76. The number of nitrogens with zero attached hydrogens (tertiary/aromatic N) is 3. The van der Waals surface area contributed by atoms with Crippen LogP contribution >= 0.6 is 0 Å². The number of para-hydroxylation sites is 1. The van der Waals surface area contributed by atoms with E-state index >= 15 is 0 Å². The van der Waals surface area contributed by atoms with Crippen molar-refractivity contribution < 1.29 is 4.79 Å². The molecule has 5 nitrogen and oxygen atoms in total. The Morgan fingerprint density at radius 3 is 2.72 bits per heavy atom. The minimum Gasteiger partial charge on any atom is -0.348 e. The van der Waals surface area contributed by atoms with Gasteiger partial charge in [0.15, 0.2) is 0 Å². The standard InChI is InChI=1S/C20H22N4O/c1-3-7-19-17(20(25)22-13-16-9-6-11-21-12-16)14-23-24(19)18-10-5-4-8-15(18)2/h4-6,8-12,14H,3,7,13H2,1-2H3,(H,22,25). The van der Waals surface area contributed by atoms with Gasteiger partial charge in [0, 0.05) is 18.9 Å². The summed E-state index contributed by atoms with van der Waals surface area (Å²) in [6, 6.07) is 11.9. The van der Waals surface area contributed by atoms with Crippen LogP contribution < -0.4 is 5.32 Å². The van der Waals surface area contributed by atoms with E-state index in [1.54, 1.807) is 18.6 Å². The lowest BCUT2D eigenvalue weighted by Gasteiger charge is -2.11. The molecule has 128 valence electrons. The van der Waals surface area contributed by atoms with Crippen LogP contribution in [0.2, 0.25) is 0 Å². The molecular weight excluding hydrogens is 312 g/mol. The fourth-order valence-corrected chi connectivity index (χ4v) is 2.83. The summed E-state index contributed by atoms with van der Waals surface area (Å²) in [6.07, 6.45) is 6.88. The van der Waals surface area contributed by atoms with E-state index in [2.05, 4.69) is 35.3 Å². The fourth-order valence-electron chi connectivity index (χ4n) is 2.83. The number of pyridine rings is 1. The van der Waals surface area contributed by atoms with Gasteiger partial charge < -0.3 is 5.32 Å². The number of carbonyl (C=O) groups is 1. The number of hydrogen-bond acceptors (Lipinski definition) is 3. The van der Waals surface area contributed by atoms with Crippen LogP contribution in [-0.4, -0.2) is 20.7 Å². The number of nitrogens with one attached hydrogen (secondary N) is 1. The van der Waals surface area contributed by atoms with Crippen LogP contribution in [0.5, 0.6) is 0 Å². The van der Waals surface area contributed by atoms with E-state index in [0.717, 1.165) is 35.3 Å². The topological polar surface area (TPSA) is 59.8 Å². The lowest BCUT2D eigenvalue weighted by atomic mass is 10.1. The number of rotatable bonds is 6. The van der Waals surface area contributed by atoms with Gasteiger partial charge in [-0.25, -0.2) is 4.68 Å². The minimum atomic E-state index is -0.105. The van der Waals surface area contributed by atoms with Crippen molar-refractivity contribution in [2.75, 3.05) is 0 Å². The second kappa shape index (κ2) is 7.75. The summed E-state index contributed by atoms with van der Waals surface area (Å²) in [5, 5.41) is 7.45. The van der Waals surface area contributed by atoms with Gasteiger partial charge in [-0.3, -0.25) is 9.78 Å². The Balaban J connectivity index is 1.86. The summed E-state index contributed by atoms with van der Waals surface area (Å²) in [4.78, 5) is 16.7. The predicted octanol–water partition coefficient (Wildman–Crippen LogP) is 3.46. The smallest absolute Gasteiger partial charge is 0.255 e. The van der Waals surface area contributed by atoms with Crippen LogP contribution in [0.4, 0.5) is 0 Å². The summed E-state index contributed by atoms with van der Waals surface area (Å²) in [5.41, 5.74) is 4.69. The molecular formula is C20H22N4O. The van der Waals surface area contributed by atoms with Crippen molar-refractivity contribution in [1.82, 2.24) is 20.1 Å². The first-order chi connectivity index (χ1) is 12.2. The van der Waals surface area contributed by atoms with Crippen LogP contribution in [0.15, 0.2) is 55.0 Å². The van der Waals surface area contributed by atoms with E-state index in [1.807, 2.05) is 35.0 Å². The molecule has 0 aliphatic heterocycles. The zero-order chi connectivity index (χ0) is 17.6. The molecule has 1 N–H and O–H groups in total. The van der Waals surface area contributed by atoms with Gasteiger partial charge in [-0.1, -0.05) is 37.6 Å². The SMILES string of the molecule is CCCc1c(C(=O)NCc2cccnc2)cnn1-c1ccccc1C. The summed E-state index contributed by atoms with van der Waals surface area (Å²) >= 11 is 0. The second-order valence-corrected chi connectivity index (χ2v) is 6.00. The first-order valence-electron chi connectivity index (χ1n) is 8.50. The largest absolute Gasteiger partial charge is 0.348 e. The first kappa shape index (κ1) is 16.9. The van der Waals surface area contributed by atoms with E-state index in [-0.39, 0.29) is 5.91 Å². The summed E-state index contributed by atoms with van der Waals surface area (Å²) < 4.78 is 1.89. The Morgan fingerprint density at radius 1 is 1.16 bits per heavy atom. The van der Waals surface area contributed by atoms with Gasteiger partial charge in [-0.05, 0) is 36.6 Å². The molecule has 0 unspecified atom stereocenters. The number of carbonyl (C=O) groups excluding carboxylic acids is 1. The summed E-state index contributed by atoms with van der Waals surface area (Å²) in [6.45, 7) is 4.61. The van der Waals surface area contributed by atoms with Crippen molar-refractivity contribution in [3.8, 4) is 5.69 Å². The van der Waals surface area contributed by atoms with Crippen molar-refractivity contribution in [2.45, 2.75) is 33.2 Å². The van der Waals surface area contributed by atoms with E-state index in [4.69, 9.17) is 0 Å². The normalized spacial score (nSPS) is 10.6. The molecule has 0 saturated carbocycles. The molecule has 0 spiro atoms. The van der Waals surface area contributed by atoms with Crippen LogP contribution in [0.25, 0.3) is 5.69 Å². The molecule has 0 aliphatic rings. The van der Waals surface area contributed by atoms with Crippen LogP contribution in [0, 0.1) is 6.92 Å². The minimum absolute atomic E-state index is 0.105. The van der Waals surface area contributed by atoms with Crippen molar-refractivity contribution >= 4 is 5.91 Å². The number of amides is 1. The highest BCUT2D eigenvalue weighted by molar-refractivity contribution is 5.95. The quantitative estimate of drug-likeness (QED) is 0.751. The molecule has 2 heterocycles. The second-order valence-electron chi connectivity index (χ2n) is 6.00. The van der Waals surface area contributed by atoms with Crippen LogP contribution in [-0.2, 0) is 13.0 Å². The Hall–Kier alpha value is -2.95. The molecule has 25 heavy (non-hydrogen) atoms. The average molecular weight is 334 g/mol. The van der Waals surface area contributed by atoms with E-state index < -0.39 is 0 Å². The average Bonchev–Trinajstić information content (AvgIpc) is 3.05. The van der Waals surface area contributed by atoms with Gasteiger partial charge in [0.2, 0.25) is 0 Å². The van der Waals surface area contributed by atoms with Gasteiger partial charge in [-0.2, -0.15) is 5.10 Å². The maximum atomic E-state index is 12.7. The molecule has 1 amide bonds. The monoisotopic (exact) mass is 334 g/mol. The first-order valence-corrected chi connectivity index (χ1v) is 8.50. The molecule has 0 saturated heterocycles. The molecule has 3 rings (SSSR count). The highest BCUT2D eigenvalue weighted by atomic mass is 16.1. The van der Waals surface area contributed by atoms with Crippen LogP contribution in [0.3, 0.4) is 0 Å². The number of aryl methyl sites for hydroxylation is 1. The highest BCUT2D eigenvalue weighted by Gasteiger charge is 2.18.